The first kappa shape index (κ1) is 10.9. The molecule has 76 valence electrons. The van der Waals surface area contributed by atoms with Crippen molar-refractivity contribution < 1.29 is 9.90 Å². The number of rotatable bonds is 2. The number of anilines is 1. The summed E-state index contributed by atoms with van der Waals surface area (Å²) in [5.74, 6) is -0.780. The van der Waals surface area contributed by atoms with E-state index in [-0.39, 0.29) is 18.8 Å². The number of hydrogen-bond acceptors (Lipinski definition) is 2. The molecule has 0 fully saturated rings. The standard InChI is InChI=1S/C10H11NO2.ClH/c12-10(13)6-7-1-2-8-3-4-11-9(8)5-7;/h1-2,5,11H,3-4,6H2,(H,12,13);1H. The summed E-state index contributed by atoms with van der Waals surface area (Å²) in [6, 6.07) is 5.82. The van der Waals surface area contributed by atoms with Crippen LogP contribution in [0.2, 0.25) is 0 Å². The van der Waals surface area contributed by atoms with E-state index in [1.54, 1.807) is 0 Å². The van der Waals surface area contributed by atoms with Gasteiger partial charge in [0.25, 0.3) is 0 Å². The van der Waals surface area contributed by atoms with Gasteiger partial charge in [0.05, 0.1) is 6.42 Å². The maximum Gasteiger partial charge on any atom is 0.307 e. The number of fused-ring (bicyclic) bond motifs is 1. The molecular formula is C10H12ClNO2. The minimum atomic E-state index is -0.780. The monoisotopic (exact) mass is 213 g/mol. The van der Waals surface area contributed by atoms with Gasteiger partial charge in [-0.15, -0.1) is 12.4 Å². The van der Waals surface area contributed by atoms with Crippen LogP contribution in [0, 0.1) is 0 Å². The summed E-state index contributed by atoms with van der Waals surface area (Å²) in [7, 11) is 0. The van der Waals surface area contributed by atoms with E-state index in [1.807, 2.05) is 18.2 Å². The van der Waals surface area contributed by atoms with Gasteiger partial charge in [-0.1, -0.05) is 12.1 Å². The summed E-state index contributed by atoms with van der Waals surface area (Å²) in [5, 5.41) is 11.8. The molecule has 1 aromatic rings. The van der Waals surface area contributed by atoms with E-state index in [0.29, 0.717) is 0 Å². The molecular weight excluding hydrogens is 202 g/mol. The minimum absolute atomic E-state index is 0. The predicted molar refractivity (Wildman–Crippen MR) is 57.2 cm³/mol. The minimum Gasteiger partial charge on any atom is -0.481 e. The number of carbonyl (C=O) groups is 1. The van der Waals surface area contributed by atoms with Crippen molar-refractivity contribution in [2.45, 2.75) is 12.8 Å². The van der Waals surface area contributed by atoms with Crippen molar-refractivity contribution in [2.75, 3.05) is 11.9 Å². The van der Waals surface area contributed by atoms with Crippen LogP contribution in [0.4, 0.5) is 5.69 Å². The van der Waals surface area contributed by atoms with Crippen LogP contribution in [0.3, 0.4) is 0 Å². The fourth-order valence-corrected chi connectivity index (χ4v) is 1.62. The molecule has 0 amide bonds. The van der Waals surface area contributed by atoms with Gasteiger partial charge in [0.1, 0.15) is 0 Å². The van der Waals surface area contributed by atoms with Gasteiger partial charge in [-0.2, -0.15) is 0 Å². The highest BCUT2D eigenvalue weighted by molar-refractivity contribution is 5.85. The molecule has 0 saturated heterocycles. The van der Waals surface area contributed by atoms with Gasteiger partial charge in [-0.3, -0.25) is 4.79 Å². The SMILES string of the molecule is Cl.O=C(O)Cc1ccc2c(c1)NCC2. The van der Waals surface area contributed by atoms with Crippen molar-refractivity contribution in [3.8, 4) is 0 Å². The lowest BCUT2D eigenvalue weighted by Crippen LogP contribution is -2.00. The lowest BCUT2D eigenvalue weighted by atomic mass is 10.1. The first-order valence-electron chi connectivity index (χ1n) is 4.33. The summed E-state index contributed by atoms with van der Waals surface area (Å²) in [5.41, 5.74) is 3.24. The summed E-state index contributed by atoms with van der Waals surface area (Å²) in [6.45, 7) is 0.964. The van der Waals surface area contributed by atoms with Crippen molar-refractivity contribution in [1.82, 2.24) is 0 Å². The normalized spacial score (nSPS) is 12.6. The fraction of sp³-hybridized carbons (Fsp3) is 0.300. The predicted octanol–water partition coefficient (Wildman–Crippen LogP) is 1.70. The molecule has 0 radical (unpaired) electrons. The molecule has 1 aromatic carbocycles. The lowest BCUT2D eigenvalue weighted by Gasteiger charge is -2.02. The highest BCUT2D eigenvalue weighted by atomic mass is 35.5. The molecule has 0 unspecified atom stereocenters. The molecule has 1 heterocycles. The van der Waals surface area contributed by atoms with Crippen LogP contribution >= 0.6 is 12.4 Å². The Morgan fingerprint density at radius 2 is 2.29 bits per heavy atom. The number of halogens is 1. The zero-order chi connectivity index (χ0) is 9.26. The Bertz CT molecular complexity index is 352. The molecule has 1 aliphatic heterocycles. The second kappa shape index (κ2) is 4.33. The molecule has 0 bridgehead atoms. The molecule has 2 N–H and O–H groups in total. The third-order valence-electron chi connectivity index (χ3n) is 2.24. The number of nitrogens with one attached hydrogen (secondary N) is 1. The van der Waals surface area contributed by atoms with Crippen LogP contribution in [0.1, 0.15) is 11.1 Å². The second-order valence-corrected chi connectivity index (χ2v) is 3.24. The van der Waals surface area contributed by atoms with Crippen LogP contribution in [0.25, 0.3) is 0 Å². The number of aliphatic carboxylic acids is 1. The van der Waals surface area contributed by atoms with Crippen molar-refractivity contribution in [1.29, 1.82) is 0 Å². The lowest BCUT2D eigenvalue weighted by molar-refractivity contribution is -0.136. The third-order valence-corrected chi connectivity index (χ3v) is 2.24. The Kier molecular flexibility index (Phi) is 3.36. The third kappa shape index (κ3) is 2.17. The molecule has 14 heavy (non-hydrogen) atoms. The van der Waals surface area contributed by atoms with E-state index in [1.165, 1.54) is 5.56 Å². The van der Waals surface area contributed by atoms with Gasteiger partial charge in [0.2, 0.25) is 0 Å². The summed E-state index contributed by atoms with van der Waals surface area (Å²) in [6.07, 6.45) is 1.15. The Balaban J connectivity index is 0.000000980. The van der Waals surface area contributed by atoms with Crippen LogP contribution in [-0.2, 0) is 17.6 Å². The number of carboxylic acid groups (broad SMARTS) is 1. The average molecular weight is 214 g/mol. The largest absolute Gasteiger partial charge is 0.481 e. The van der Waals surface area contributed by atoms with Crippen LogP contribution in [-0.4, -0.2) is 17.6 Å². The Hall–Kier alpha value is -1.22. The fourth-order valence-electron chi connectivity index (χ4n) is 1.62. The van der Waals surface area contributed by atoms with Gasteiger partial charge in [-0.05, 0) is 23.6 Å². The average Bonchev–Trinajstić information content (AvgIpc) is 2.49. The maximum atomic E-state index is 10.4. The second-order valence-electron chi connectivity index (χ2n) is 3.24. The summed E-state index contributed by atoms with van der Waals surface area (Å²) >= 11 is 0. The Morgan fingerprint density at radius 3 is 3.00 bits per heavy atom. The number of hydrogen-bond donors (Lipinski definition) is 2. The Morgan fingerprint density at radius 1 is 1.50 bits per heavy atom. The molecule has 1 aliphatic rings. The van der Waals surface area contributed by atoms with Crippen molar-refractivity contribution in [2.24, 2.45) is 0 Å². The maximum absolute atomic E-state index is 10.4. The molecule has 4 heteroatoms. The van der Waals surface area contributed by atoms with Crippen molar-refractivity contribution in [3.63, 3.8) is 0 Å². The van der Waals surface area contributed by atoms with Crippen LogP contribution in [0.15, 0.2) is 18.2 Å². The molecule has 2 rings (SSSR count). The number of benzene rings is 1. The molecule has 0 spiro atoms. The van der Waals surface area contributed by atoms with Gasteiger partial charge in [0, 0.05) is 12.2 Å². The van der Waals surface area contributed by atoms with Crippen molar-refractivity contribution in [3.05, 3.63) is 29.3 Å². The Labute approximate surface area is 88.5 Å². The topological polar surface area (TPSA) is 49.3 Å². The smallest absolute Gasteiger partial charge is 0.307 e. The van der Waals surface area contributed by atoms with Gasteiger partial charge in [-0.25, -0.2) is 0 Å². The van der Waals surface area contributed by atoms with Crippen LogP contribution in [0.5, 0.6) is 0 Å². The van der Waals surface area contributed by atoms with E-state index in [9.17, 15) is 4.79 Å². The van der Waals surface area contributed by atoms with Crippen molar-refractivity contribution >= 4 is 24.1 Å². The van der Waals surface area contributed by atoms with Crippen LogP contribution < -0.4 is 5.32 Å². The van der Waals surface area contributed by atoms with E-state index < -0.39 is 5.97 Å². The number of carboxylic acids is 1. The first-order chi connectivity index (χ1) is 6.25. The molecule has 0 aromatic heterocycles. The molecule has 0 saturated carbocycles. The zero-order valence-corrected chi connectivity index (χ0v) is 8.43. The molecule has 3 nitrogen and oxygen atoms in total. The van der Waals surface area contributed by atoms with E-state index >= 15 is 0 Å². The quantitative estimate of drug-likeness (QED) is 0.786. The van der Waals surface area contributed by atoms with E-state index in [4.69, 9.17) is 5.11 Å². The molecule has 0 aliphatic carbocycles. The van der Waals surface area contributed by atoms with Gasteiger partial charge in [0.15, 0.2) is 0 Å². The zero-order valence-electron chi connectivity index (χ0n) is 7.62. The highest BCUT2D eigenvalue weighted by Gasteiger charge is 2.10. The summed E-state index contributed by atoms with van der Waals surface area (Å²) < 4.78 is 0. The first-order valence-corrected chi connectivity index (χ1v) is 4.33. The van der Waals surface area contributed by atoms with E-state index in [0.717, 1.165) is 24.2 Å². The van der Waals surface area contributed by atoms with Gasteiger partial charge >= 0.3 is 5.97 Å². The summed E-state index contributed by atoms with van der Waals surface area (Å²) in [4.78, 5) is 10.4. The van der Waals surface area contributed by atoms with E-state index in [2.05, 4.69) is 5.32 Å². The molecule has 0 atom stereocenters. The highest BCUT2D eigenvalue weighted by Crippen LogP contribution is 2.23. The van der Waals surface area contributed by atoms with Gasteiger partial charge < -0.3 is 10.4 Å².